The van der Waals surface area contributed by atoms with Gasteiger partial charge in [-0.3, -0.25) is 4.79 Å². The van der Waals surface area contributed by atoms with Crippen LogP contribution in [-0.2, 0) is 31.9 Å². The first-order valence-electron chi connectivity index (χ1n) is 7.39. The van der Waals surface area contributed by atoms with Crippen molar-refractivity contribution in [1.82, 2.24) is 9.55 Å². The second-order valence-electron chi connectivity index (χ2n) is 5.21. The SMILES string of the molecule is CC(=O)/C=C(/C)O.Cn1ccnc1-c1[c-]csc1-c1ccccc1.[Ir]. The molecule has 0 saturated heterocycles. The molecule has 2 aromatic heterocycles. The molecule has 25 heavy (non-hydrogen) atoms. The molecule has 0 saturated carbocycles. The van der Waals surface area contributed by atoms with Crippen molar-refractivity contribution < 1.29 is 30.0 Å². The Labute approximate surface area is 165 Å². The number of nitrogens with zero attached hydrogens (tertiary/aromatic N) is 2. The third-order valence-corrected chi connectivity index (χ3v) is 4.01. The van der Waals surface area contributed by atoms with Gasteiger partial charge in [-0.05, 0) is 20.9 Å². The van der Waals surface area contributed by atoms with Gasteiger partial charge >= 0.3 is 0 Å². The first-order valence-corrected chi connectivity index (χ1v) is 8.27. The standard InChI is InChI=1S/C14H11N2S.C5H8O2.Ir/c1-16-9-8-15-14(16)12-7-10-17-13(12)11-5-3-2-4-6-11;1-4(6)3-5(2)7;/h2-6,8-10H,1H3;3,6H,1-2H3;/q-1;;/b;4-3-;. The molecule has 0 aliphatic heterocycles. The average molecular weight is 532 g/mol. The molecule has 0 bridgehead atoms. The molecule has 6 heteroatoms. The normalized spacial score (nSPS) is 10.4. The summed E-state index contributed by atoms with van der Waals surface area (Å²) < 4.78 is 2.02. The van der Waals surface area contributed by atoms with E-state index in [-0.39, 0.29) is 31.6 Å². The number of ketones is 1. The number of aliphatic hydroxyl groups is 1. The van der Waals surface area contributed by atoms with Gasteiger partial charge in [-0.1, -0.05) is 46.2 Å². The summed E-state index contributed by atoms with van der Waals surface area (Å²) in [4.78, 5) is 15.6. The molecular formula is C19H19IrN2O2S-. The van der Waals surface area contributed by atoms with Crippen LogP contribution in [-0.4, -0.2) is 20.4 Å². The van der Waals surface area contributed by atoms with E-state index in [0.717, 1.165) is 11.4 Å². The Morgan fingerprint density at radius 1 is 1.28 bits per heavy atom. The second-order valence-corrected chi connectivity index (χ2v) is 6.09. The third-order valence-electron chi connectivity index (χ3n) is 3.10. The van der Waals surface area contributed by atoms with E-state index in [9.17, 15) is 4.79 Å². The Kier molecular flexibility index (Phi) is 8.49. The summed E-state index contributed by atoms with van der Waals surface area (Å²) in [5, 5.41) is 10.4. The van der Waals surface area contributed by atoms with Crippen LogP contribution >= 0.6 is 11.3 Å². The Bertz CT molecular complexity index is 834. The molecule has 4 nitrogen and oxygen atoms in total. The molecule has 1 aromatic carbocycles. The van der Waals surface area contributed by atoms with E-state index in [1.807, 2.05) is 35.5 Å². The Morgan fingerprint density at radius 2 is 1.96 bits per heavy atom. The molecule has 0 aliphatic carbocycles. The quantitative estimate of drug-likeness (QED) is 0.304. The number of hydrogen-bond acceptors (Lipinski definition) is 4. The van der Waals surface area contributed by atoms with Crippen molar-refractivity contribution in [2.45, 2.75) is 13.8 Å². The van der Waals surface area contributed by atoms with Crippen molar-refractivity contribution in [3.8, 4) is 21.8 Å². The second kappa shape index (κ2) is 10.1. The number of imidazole rings is 1. The first-order chi connectivity index (χ1) is 11.5. The summed E-state index contributed by atoms with van der Waals surface area (Å²) >= 11 is 1.70. The zero-order valence-electron chi connectivity index (χ0n) is 14.2. The van der Waals surface area contributed by atoms with E-state index in [0.29, 0.717) is 0 Å². The van der Waals surface area contributed by atoms with Gasteiger partial charge in [0, 0.05) is 44.4 Å². The van der Waals surface area contributed by atoms with Crippen LogP contribution < -0.4 is 0 Å². The fraction of sp³-hybridized carbons (Fsp3) is 0.158. The summed E-state index contributed by atoms with van der Waals surface area (Å²) in [5.74, 6) is 0.901. The Morgan fingerprint density at radius 3 is 2.44 bits per heavy atom. The number of aryl methyl sites for hydroxylation is 1. The number of thiophene rings is 1. The molecule has 133 valence electrons. The van der Waals surface area contributed by atoms with Crippen LogP contribution in [0.2, 0.25) is 0 Å². The molecule has 3 aromatic rings. The van der Waals surface area contributed by atoms with Crippen molar-refractivity contribution in [1.29, 1.82) is 0 Å². The van der Waals surface area contributed by atoms with Gasteiger partial charge in [0.1, 0.15) is 0 Å². The molecule has 0 unspecified atom stereocenters. The summed E-state index contributed by atoms with van der Waals surface area (Å²) in [6, 6.07) is 13.7. The molecule has 1 N–H and O–H groups in total. The van der Waals surface area contributed by atoms with Crippen LogP contribution in [0.4, 0.5) is 0 Å². The predicted octanol–water partition coefficient (Wildman–Crippen LogP) is 4.65. The van der Waals surface area contributed by atoms with Crippen molar-refractivity contribution in [2.24, 2.45) is 7.05 Å². The number of allylic oxidation sites excluding steroid dienone is 2. The predicted molar refractivity (Wildman–Crippen MR) is 97.9 cm³/mol. The number of carbonyl (C=O) groups is 1. The summed E-state index contributed by atoms with van der Waals surface area (Å²) in [6.07, 6.45) is 4.94. The molecule has 2 heterocycles. The number of aliphatic hydroxyl groups excluding tert-OH is 1. The molecule has 0 atom stereocenters. The van der Waals surface area contributed by atoms with Gasteiger partial charge in [0.2, 0.25) is 0 Å². The fourth-order valence-corrected chi connectivity index (χ4v) is 2.98. The molecule has 0 fully saturated rings. The molecular weight excluding hydrogens is 513 g/mol. The first kappa shape index (κ1) is 21.0. The number of benzene rings is 1. The average Bonchev–Trinajstić information content (AvgIpc) is 3.15. The van der Waals surface area contributed by atoms with Crippen LogP contribution in [0.5, 0.6) is 0 Å². The minimum Gasteiger partial charge on any atom is -0.512 e. The topological polar surface area (TPSA) is 55.1 Å². The van der Waals surface area contributed by atoms with E-state index in [4.69, 9.17) is 5.11 Å². The number of hydrogen-bond donors (Lipinski definition) is 1. The summed E-state index contributed by atoms with van der Waals surface area (Å²) in [5.41, 5.74) is 2.30. The van der Waals surface area contributed by atoms with E-state index >= 15 is 0 Å². The van der Waals surface area contributed by atoms with Crippen LogP contribution in [0.3, 0.4) is 0 Å². The molecule has 0 spiro atoms. The minimum atomic E-state index is -0.125. The van der Waals surface area contributed by atoms with E-state index in [1.54, 1.807) is 11.3 Å². The minimum absolute atomic E-state index is 0. The number of rotatable bonds is 3. The zero-order chi connectivity index (χ0) is 17.5. The number of aromatic nitrogens is 2. The summed E-state index contributed by atoms with van der Waals surface area (Å²) in [6.45, 7) is 2.85. The smallest absolute Gasteiger partial charge is 0.155 e. The van der Waals surface area contributed by atoms with Crippen molar-refractivity contribution in [3.05, 3.63) is 66.0 Å². The van der Waals surface area contributed by atoms with E-state index < -0.39 is 0 Å². The van der Waals surface area contributed by atoms with Crippen molar-refractivity contribution in [3.63, 3.8) is 0 Å². The molecule has 3 rings (SSSR count). The Hall–Kier alpha value is -2.01. The van der Waals surface area contributed by atoms with Crippen molar-refractivity contribution >= 4 is 17.1 Å². The van der Waals surface area contributed by atoms with Gasteiger partial charge in [-0.25, -0.2) is 11.3 Å². The Balaban J connectivity index is 0.000000339. The van der Waals surface area contributed by atoms with Gasteiger partial charge < -0.3 is 14.7 Å². The van der Waals surface area contributed by atoms with Crippen molar-refractivity contribution in [2.75, 3.05) is 0 Å². The monoisotopic (exact) mass is 532 g/mol. The van der Waals surface area contributed by atoms with E-state index in [1.165, 1.54) is 30.4 Å². The van der Waals surface area contributed by atoms with Crippen LogP contribution in [0, 0.1) is 6.07 Å². The van der Waals surface area contributed by atoms with Crippen LogP contribution in [0.1, 0.15) is 13.8 Å². The van der Waals surface area contributed by atoms with Gasteiger partial charge in [0.05, 0.1) is 5.76 Å². The van der Waals surface area contributed by atoms with Gasteiger partial charge in [0.15, 0.2) is 5.78 Å². The summed E-state index contributed by atoms with van der Waals surface area (Å²) in [7, 11) is 2.00. The maximum Gasteiger partial charge on any atom is 0.155 e. The third kappa shape index (κ3) is 6.09. The maximum atomic E-state index is 10.0. The van der Waals surface area contributed by atoms with Gasteiger partial charge in [-0.15, -0.1) is 5.56 Å². The molecule has 1 radical (unpaired) electrons. The van der Waals surface area contributed by atoms with Crippen LogP contribution in [0.15, 0.2) is 59.9 Å². The molecule has 0 aliphatic rings. The molecule has 0 amide bonds. The van der Waals surface area contributed by atoms with Gasteiger partial charge in [-0.2, -0.15) is 6.07 Å². The largest absolute Gasteiger partial charge is 0.512 e. The fourth-order valence-electron chi connectivity index (χ4n) is 2.14. The van der Waals surface area contributed by atoms with Gasteiger partial charge in [0.25, 0.3) is 0 Å². The van der Waals surface area contributed by atoms with E-state index in [2.05, 4.69) is 35.3 Å². The van der Waals surface area contributed by atoms with Crippen LogP contribution in [0.25, 0.3) is 21.8 Å². The number of carbonyl (C=O) groups excluding carboxylic acids is 1. The maximum absolute atomic E-state index is 10.0. The zero-order valence-corrected chi connectivity index (χ0v) is 17.4.